The van der Waals surface area contributed by atoms with Crippen LogP contribution in [0.5, 0.6) is 11.5 Å². The molecule has 6 aromatic carbocycles. The third-order valence-corrected chi connectivity index (χ3v) is 20.5. The molecule has 12 bridgehead atoms. The molecule has 12 atom stereocenters. The Labute approximate surface area is 636 Å². The lowest BCUT2D eigenvalue weighted by molar-refractivity contribution is -0.145. The molecule has 2 aromatic heterocycles. The Morgan fingerprint density at radius 3 is 1.21 bits per heavy atom. The van der Waals surface area contributed by atoms with Crippen molar-refractivity contribution < 1.29 is 67.6 Å². The fourth-order valence-electron chi connectivity index (χ4n) is 13.9. The van der Waals surface area contributed by atoms with Gasteiger partial charge < -0.3 is 72.0 Å². The summed E-state index contributed by atoms with van der Waals surface area (Å²) in [5.74, 6) is -7.23. The smallest absolute Gasteiger partial charge is 0.326 e. The standard InChI is InChI=1S/C80H96N16O14/c1-45(81-9)69(97)87-67(79(3,4)5)75(103)93-41-57-37-65(93)73(101)83-61(35-49-19-25-51-15-11-13-17-53(51)31-49)71(99)85-63(77(105)106)33-47-23-29-60(30-24-47)110-44-56-40-96(92-90-56)58-38-66(94(42-58)76(104)68(80(6,7)8)88-70(98)46(2)82-10)74(102)84-62(36-50-20-26-52-16-12-14-18-54(52)32-50)72(100)86-64(78(107)108)34-48-21-27-59(28-22-48)109-43-55-39-95(57)91-89-55/h11-32,39-40,45-46,57-58,61-68,81-82H,33-38,41-44H2,1-10H3,(H,83,101)(H,84,102)(H,85,99)(H,86,100)(H,87,97)(H,88,98)(H,105,106)(H,107,108)/t45-,46-,57-,58-,61-,62-,63+,64+,65-,66-,67+,68+/m0/s1. The molecule has 30 nitrogen and oxygen atoms in total. The van der Waals surface area contributed by atoms with Gasteiger partial charge in [0.2, 0.25) is 47.3 Å². The summed E-state index contributed by atoms with van der Waals surface area (Å²) in [6.07, 6.45) is 2.53. The number of carbonyl (C=O) groups excluding carboxylic acids is 8. The number of carboxylic acids is 2. The van der Waals surface area contributed by atoms with Crippen molar-refractivity contribution in [2.24, 2.45) is 10.8 Å². The minimum atomic E-state index is -1.52. The van der Waals surface area contributed by atoms with Crippen LogP contribution in [0.2, 0.25) is 0 Å². The Morgan fingerprint density at radius 2 is 0.864 bits per heavy atom. The van der Waals surface area contributed by atoms with Gasteiger partial charge in [-0.25, -0.2) is 19.0 Å². The number of aliphatic carboxylic acids is 2. The topological polar surface area (TPSA) is 394 Å². The monoisotopic (exact) mass is 1500 g/mol. The molecule has 110 heavy (non-hydrogen) atoms. The summed E-state index contributed by atoms with van der Waals surface area (Å²) in [4.78, 5) is 147. The van der Waals surface area contributed by atoms with Crippen LogP contribution in [0, 0.1) is 10.8 Å². The molecule has 6 aliphatic rings. The van der Waals surface area contributed by atoms with Gasteiger partial charge in [0.1, 0.15) is 84.4 Å². The molecule has 8 aromatic rings. The number of carbonyl (C=O) groups is 10. The van der Waals surface area contributed by atoms with Crippen LogP contribution in [-0.4, -0.2) is 197 Å². The Kier molecular flexibility index (Phi) is 24.7. The van der Waals surface area contributed by atoms with Crippen molar-refractivity contribution in [1.82, 2.24) is 82.3 Å². The zero-order valence-electron chi connectivity index (χ0n) is 63.2. The van der Waals surface area contributed by atoms with Gasteiger partial charge >= 0.3 is 11.9 Å². The number of carboxylic acid groups (broad SMARTS) is 2. The molecule has 0 aliphatic carbocycles. The third-order valence-electron chi connectivity index (χ3n) is 20.5. The lowest BCUT2D eigenvalue weighted by atomic mass is 9.85. The van der Waals surface area contributed by atoms with E-state index >= 15 is 19.2 Å². The molecular formula is C80H96N16O14. The van der Waals surface area contributed by atoms with Crippen molar-refractivity contribution in [1.29, 1.82) is 0 Å². The predicted molar refractivity (Wildman–Crippen MR) is 405 cm³/mol. The molecule has 2 fully saturated rings. The van der Waals surface area contributed by atoms with Crippen LogP contribution < -0.4 is 52.0 Å². The van der Waals surface area contributed by atoms with Gasteiger partial charge in [-0.3, -0.25) is 38.4 Å². The number of rotatable bonds is 14. The molecule has 0 spiro atoms. The van der Waals surface area contributed by atoms with E-state index in [9.17, 15) is 39.0 Å². The van der Waals surface area contributed by atoms with Crippen molar-refractivity contribution >= 4 is 80.7 Å². The van der Waals surface area contributed by atoms with E-state index in [4.69, 9.17) is 9.47 Å². The lowest BCUT2D eigenvalue weighted by Crippen LogP contribution is -2.60. The van der Waals surface area contributed by atoms with Crippen molar-refractivity contribution in [2.45, 2.75) is 180 Å². The van der Waals surface area contributed by atoms with Gasteiger partial charge in [-0.15, -0.1) is 10.2 Å². The van der Waals surface area contributed by atoms with Gasteiger partial charge in [-0.1, -0.05) is 161 Å². The number of hydrogen-bond acceptors (Lipinski definition) is 18. The summed E-state index contributed by atoms with van der Waals surface area (Å²) in [6.45, 7) is 13.6. The Balaban J connectivity index is 0.922. The molecule has 0 saturated carbocycles. The average Bonchev–Trinajstić information content (AvgIpc) is 1.61. The first kappa shape index (κ1) is 79.4. The first-order valence-corrected chi connectivity index (χ1v) is 36.8. The zero-order valence-corrected chi connectivity index (χ0v) is 63.2. The first-order chi connectivity index (χ1) is 52.4. The quantitative estimate of drug-likeness (QED) is 0.0726. The first-order valence-electron chi connectivity index (χ1n) is 36.8. The maximum absolute atomic E-state index is 15.3. The summed E-state index contributed by atoms with van der Waals surface area (Å²) in [7, 11) is 3.22. The van der Waals surface area contributed by atoms with Crippen LogP contribution >= 0.6 is 0 Å². The second-order valence-electron chi connectivity index (χ2n) is 30.8. The minimum Gasteiger partial charge on any atom is -0.487 e. The van der Waals surface area contributed by atoms with E-state index < -0.39 is 143 Å². The molecule has 0 radical (unpaired) electrons. The summed E-state index contributed by atoms with van der Waals surface area (Å²) < 4.78 is 15.4. The van der Waals surface area contributed by atoms with E-state index in [2.05, 4.69) is 63.2 Å². The number of benzene rings is 6. The highest BCUT2D eigenvalue weighted by atomic mass is 16.5. The maximum Gasteiger partial charge on any atom is 0.326 e. The van der Waals surface area contributed by atoms with Crippen LogP contribution in [0.3, 0.4) is 0 Å². The van der Waals surface area contributed by atoms with Crippen molar-refractivity contribution in [3.8, 4) is 11.5 Å². The van der Waals surface area contributed by atoms with Gasteiger partial charge in [0.25, 0.3) is 0 Å². The van der Waals surface area contributed by atoms with Gasteiger partial charge in [0, 0.05) is 51.6 Å². The van der Waals surface area contributed by atoms with E-state index in [1.165, 1.54) is 19.2 Å². The number of likely N-dealkylation sites (N-methyl/N-ethyl adjacent to an activating group) is 2. The van der Waals surface area contributed by atoms with Crippen molar-refractivity contribution in [3.05, 3.63) is 179 Å². The van der Waals surface area contributed by atoms with Crippen molar-refractivity contribution in [3.63, 3.8) is 0 Å². The fraction of sp³-hybridized carbons (Fsp3) is 0.425. The summed E-state index contributed by atoms with van der Waals surface area (Å²) >= 11 is 0. The third kappa shape index (κ3) is 19.4. The zero-order chi connectivity index (χ0) is 78.9. The molecule has 10 N–H and O–H groups in total. The Morgan fingerprint density at radius 1 is 0.500 bits per heavy atom. The Hall–Kier alpha value is -11.7. The van der Waals surface area contributed by atoms with Crippen LogP contribution in [0.25, 0.3) is 21.5 Å². The van der Waals surface area contributed by atoms with Crippen LogP contribution in [0.15, 0.2) is 146 Å². The largest absolute Gasteiger partial charge is 0.487 e. The van der Waals surface area contributed by atoms with E-state index in [0.717, 1.165) is 21.5 Å². The van der Waals surface area contributed by atoms with E-state index in [-0.39, 0.29) is 64.8 Å². The van der Waals surface area contributed by atoms with Crippen molar-refractivity contribution in [2.75, 3.05) is 27.2 Å². The number of fused-ring (bicyclic) bond motifs is 2. The normalized spacial score (nSPS) is 21.7. The minimum absolute atomic E-state index is 0.0415. The Bertz CT molecular complexity index is 4410. The molecule has 2 saturated heterocycles. The lowest BCUT2D eigenvalue weighted by Gasteiger charge is -2.36. The predicted octanol–water partition coefficient (Wildman–Crippen LogP) is 4.29. The second kappa shape index (κ2) is 34.3. The van der Waals surface area contributed by atoms with Gasteiger partial charge in [0.15, 0.2) is 0 Å². The maximum atomic E-state index is 15.3. The number of hydrogen-bond donors (Lipinski definition) is 10. The number of nitrogens with one attached hydrogen (secondary N) is 8. The number of aromatic nitrogens is 6. The molecule has 8 heterocycles. The van der Waals surface area contributed by atoms with E-state index in [1.807, 2.05) is 84.9 Å². The molecule has 6 aliphatic heterocycles. The number of likely N-dealkylation sites (tertiary alicyclic amines) is 2. The summed E-state index contributed by atoms with van der Waals surface area (Å²) in [5, 5.41) is 65.5. The van der Waals surface area contributed by atoms with E-state index in [0.29, 0.717) is 45.1 Å². The summed E-state index contributed by atoms with van der Waals surface area (Å²) in [5.41, 5.74) is 1.16. The number of ether oxygens (including phenoxy) is 2. The second-order valence-corrected chi connectivity index (χ2v) is 30.8. The molecular weight excluding hydrogens is 1410 g/mol. The van der Waals surface area contributed by atoms with E-state index in [1.54, 1.807) is 130 Å². The fourth-order valence-corrected chi connectivity index (χ4v) is 13.9. The van der Waals surface area contributed by atoms with Crippen LogP contribution in [0.4, 0.5) is 0 Å². The molecule has 30 heteroatoms. The molecule has 580 valence electrons. The van der Waals surface area contributed by atoms with Crippen LogP contribution in [-0.2, 0) is 86.8 Å². The number of amides is 8. The highest BCUT2D eigenvalue weighted by molar-refractivity contribution is 5.98. The van der Waals surface area contributed by atoms with Gasteiger partial charge in [-0.2, -0.15) is 0 Å². The van der Waals surface area contributed by atoms with Crippen LogP contribution in [0.1, 0.15) is 114 Å². The number of nitrogens with zero attached hydrogens (tertiary/aromatic N) is 8. The summed E-state index contributed by atoms with van der Waals surface area (Å²) in [6, 6.07) is 25.9. The SMILES string of the molecule is CN[C@@H](C)C(=O)N[C@H](C(=O)N1C[C@@H]2C[C@H]1C(=O)N[C@@H](Cc1ccc3ccccc3c1)C(=O)N[C@@H](C(=O)O)Cc1ccc(cc1)OCc1cn(nn1)[C@H]1C[C@@H](C(=O)N[C@@H](Cc3ccc4ccccc4c3)C(=O)N[C@@H](C(=O)O)Cc3ccc(cc3)OCc3cn2nn3)N(C(=O)[C@@H](NC(=O)[C@H](C)NC)C(C)(C)C)C1)C(C)(C)C. The highest BCUT2D eigenvalue weighted by Gasteiger charge is 2.49. The molecule has 0 unspecified atom stereocenters. The average molecular weight is 1510 g/mol. The molecule has 8 amide bonds. The highest BCUT2D eigenvalue weighted by Crippen LogP contribution is 2.34. The van der Waals surface area contributed by atoms with Gasteiger partial charge in [0.05, 0.1) is 36.6 Å². The van der Waals surface area contributed by atoms with Gasteiger partial charge in [-0.05, 0) is 107 Å². The molecule has 14 rings (SSSR count).